The third kappa shape index (κ3) is 9.03. The van der Waals surface area contributed by atoms with Crippen LogP contribution in [-0.2, 0) is 40.2 Å². The molecule has 0 atom stereocenters. The van der Waals surface area contributed by atoms with Crippen LogP contribution < -0.4 is 4.74 Å². The molecular formula is C25H42F4Ir2N2O-2. The molecular weight excluding hydrogens is 805 g/mol. The van der Waals surface area contributed by atoms with E-state index in [1.807, 2.05) is 31.3 Å². The zero-order valence-corrected chi connectivity index (χ0v) is 23.0. The van der Waals surface area contributed by atoms with E-state index >= 15 is 0 Å². The van der Waals surface area contributed by atoms with Crippen molar-refractivity contribution < 1.29 is 87.6 Å². The molecule has 0 spiro atoms. The van der Waals surface area contributed by atoms with E-state index in [1.54, 1.807) is 6.20 Å². The van der Waals surface area contributed by atoms with E-state index in [-0.39, 0.29) is 50.2 Å². The number of rotatable bonds is 5. The Hall–Kier alpha value is -1.92. The van der Waals surface area contributed by atoms with Gasteiger partial charge in [-0.05, 0) is 44.0 Å². The van der Waals surface area contributed by atoms with Gasteiger partial charge in [0.05, 0.1) is 0 Å². The maximum absolute atomic E-state index is 12.8. The van der Waals surface area contributed by atoms with Gasteiger partial charge in [-0.2, -0.15) is 17.6 Å². The quantitative estimate of drug-likeness (QED) is 0.218. The Kier molecular flexibility index (Phi) is 8.64. The summed E-state index contributed by atoms with van der Waals surface area (Å²) in [5.41, 5.74) is 4.53. The molecule has 0 bridgehead atoms. The molecule has 2 heterocycles. The number of alkyl halides is 4. The van der Waals surface area contributed by atoms with Crippen LogP contribution in [0.25, 0.3) is 0 Å². The van der Waals surface area contributed by atoms with Gasteiger partial charge in [0.25, 0.3) is 0 Å². The number of hydrogen-bond donors (Lipinski definition) is 0. The summed E-state index contributed by atoms with van der Waals surface area (Å²) in [6.07, 6.45) is 0.855. The molecule has 0 unspecified atom stereocenters. The SMILES string of the molecule is CC1=CN=C(c2[c-]ccc(OC(F)(F)C(F)F)c2)CC1.[2HH].[2HH].[2HH].[2H][2H].[2H][2H].[2H][2H].[2H][2H].[2H][2H].[2H][2H].[2H][2H].[Ir].[Ir].[c-]1ccccc1C1=NC=CCC1. The van der Waals surface area contributed by atoms with Crippen molar-refractivity contribution in [2.24, 2.45) is 9.98 Å². The van der Waals surface area contributed by atoms with E-state index in [1.165, 1.54) is 12.1 Å². The van der Waals surface area contributed by atoms with Gasteiger partial charge in [-0.3, -0.25) is 0 Å². The number of allylic oxidation sites excluding steroid dienone is 2. The van der Waals surface area contributed by atoms with Crippen molar-refractivity contribution in [3.05, 3.63) is 89.8 Å². The van der Waals surface area contributed by atoms with E-state index in [0.29, 0.717) is 17.7 Å². The van der Waals surface area contributed by atoms with Gasteiger partial charge in [-0.25, -0.2) is 0 Å². The standard InChI is InChI=1S/C14H12F4NO.C11H10N.2Ir.10H2/c1-9-5-6-12(19-8-9)10-3-2-4-11(7-10)20-14(17,18)13(15)16;1-2-6-10(7-3-1)11-8-4-5-9-12-11;;;;;;;;;;;;/h2,4,7-8,13H,5-6H2,1H3;1-3,5-6,9H,4,8H2;;;10*1H/q2*-1;;;;;;;;;;;;/i;;;;7*1+1D;3*1+1. The van der Waals surface area contributed by atoms with Gasteiger partial charge in [0, 0.05) is 83.4 Å². The fourth-order valence-electron chi connectivity index (χ4n) is 2.99. The van der Waals surface area contributed by atoms with E-state index < -0.39 is 12.5 Å². The number of nitrogens with zero attached hydrogens (tertiary/aromatic N) is 2. The second-order valence-electron chi connectivity index (χ2n) is 7.23. The van der Waals surface area contributed by atoms with Crippen LogP contribution >= 0.6 is 0 Å². The summed E-state index contributed by atoms with van der Waals surface area (Å²) in [5.74, 6) is -0.335. The molecule has 0 N–H and O–H groups in total. The van der Waals surface area contributed by atoms with Gasteiger partial charge in [-0.15, -0.1) is 65.7 Å². The van der Waals surface area contributed by atoms with Crippen LogP contribution in [0, 0.1) is 12.1 Å². The smallest absolute Gasteiger partial charge is 0.449 e. The van der Waals surface area contributed by atoms with Crippen molar-refractivity contribution in [3.8, 4) is 5.75 Å². The van der Waals surface area contributed by atoms with Crippen LogP contribution in [-0.4, -0.2) is 24.0 Å². The van der Waals surface area contributed by atoms with Gasteiger partial charge in [0.15, 0.2) is 0 Å². The van der Waals surface area contributed by atoms with Gasteiger partial charge in [-0.1, -0.05) is 11.6 Å². The molecule has 0 fully saturated rings. The average molecular weight is 864 g/mol. The minimum absolute atomic E-state index is 0. The molecule has 0 saturated carbocycles. The fraction of sp³-hybridized carbons (Fsp3) is 0.280. The molecule has 0 amide bonds. The van der Waals surface area contributed by atoms with Crippen LogP contribution in [0.1, 0.15) is 68.8 Å². The van der Waals surface area contributed by atoms with Crippen molar-refractivity contribution >= 4 is 11.4 Å². The largest absolute Gasteiger partial charge is 0.459 e. The van der Waals surface area contributed by atoms with Gasteiger partial charge in [0.1, 0.15) is 0 Å². The normalized spacial score (nSPS) is 16.6. The molecule has 0 saturated heterocycles. The van der Waals surface area contributed by atoms with Crippen LogP contribution in [0.5, 0.6) is 5.75 Å². The fourth-order valence-corrected chi connectivity index (χ4v) is 2.99. The zero-order chi connectivity index (χ0) is 37.0. The number of aliphatic imine (C=N–C) groups is 2. The second kappa shape index (κ2) is 14.5. The molecule has 0 aromatic heterocycles. The molecule has 3 nitrogen and oxygen atoms in total. The average Bonchev–Trinajstić information content (AvgIpc) is 3.15. The maximum Gasteiger partial charge on any atom is 0.459 e. The Morgan fingerprint density at radius 1 is 1.00 bits per heavy atom. The second-order valence-corrected chi connectivity index (χ2v) is 7.23. The van der Waals surface area contributed by atoms with E-state index in [0.717, 1.165) is 42.2 Å². The van der Waals surface area contributed by atoms with Crippen molar-refractivity contribution in [1.82, 2.24) is 0 Å². The predicted molar refractivity (Wildman–Crippen MR) is 138 cm³/mol. The Morgan fingerprint density at radius 2 is 1.74 bits per heavy atom. The Bertz CT molecular complexity index is 1090. The molecule has 2 aliphatic heterocycles. The van der Waals surface area contributed by atoms with Crippen LogP contribution in [0.3, 0.4) is 0 Å². The number of ether oxygens (including phenoxy) is 1. The van der Waals surface area contributed by atoms with E-state index in [2.05, 4.69) is 39.0 Å². The molecule has 2 aromatic carbocycles. The molecule has 2 aliphatic rings. The summed E-state index contributed by atoms with van der Waals surface area (Å²) in [6.45, 7) is 1.94. The predicted octanol–water partition coefficient (Wildman–Crippen LogP) is 9.25. The summed E-state index contributed by atoms with van der Waals surface area (Å²) in [7, 11) is 0. The van der Waals surface area contributed by atoms with Crippen LogP contribution in [0.15, 0.2) is 76.5 Å². The van der Waals surface area contributed by atoms with Gasteiger partial charge in [0.2, 0.25) is 0 Å². The topological polar surface area (TPSA) is 34.0 Å². The monoisotopic (exact) mass is 865 g/mol. The minimum atomic E-state index is -4.51. The molecule has 2 aromatic rings. The third-order valence-electron chi connectivity index (χ3n) is 4.69. The maximum atomic E-state index is 12.8. The molecule has 9 heteroatoms. The molecule has 206 valence electrons. The summed E-state index contributed by atoms with van der Waals surface area (Å²) >= 11 is 0. The summed E-state index contributed by atoms with van der Waals surface area (Å²) in [6, 6.07) is 17.7. The minimum Gasteiger partial charge on any atom is -0.449 e. The molecule has 0 aliphatic carbocycles. The Balaban J connectivity index is -0.0000000591. The van der Waals surface area contributed by atoms with Crippen molar-refractivity contribution in [2.45, 2.75) is 45.1 Å². The number of halogens is 4. The first-order valence-electron chi connectivity index (χ1n) is 17.1. The van der Waals surface area contributed by atoms with Crippen molar-refractivity contribution in [3.63, 3.8) is 0 Å². The van der Waals surface area contributed by atoms with Crippen molar-refractivity contribution in [1.29, 1.82) is 0 Å². The summed E-state index contributed by atoms with van der Waals surface area (Å²) < 4.78 is 124. The summed E-state index contributed by atoms with van der Waals surface area (Å²) in [4.78, 5) is 8.49. The third-order valence-corrected chi connectivity index (χ3v) is 4.69. The van der Waals surface area contributed by atoms with Gasteiger partial charge < -0.3 is 14.7 Å². The van der Waals surface area contributed by atoms with E-state index in [9.17, 15) is 17.6 Å². The van der Waals surface area contributed by atoms with Crippen LogP contribution in [0.2, 0.25) is 0 Å². The molecule has 2 radical (unpaired) electrons. The number of hydrogen-bond acceptors (Lipinski definition) is 3. The Labute approximate surface area is 249 Å². The van der Waals surface area contributed by atoms with Gasteiger partial charge >= 0.3 is 12.5 Å². The van der Waals surface area contributed by atoms with Crippen LogP contribution in [0.4, 0.5) is 17.6 Å². The number of benzene rings is 2. The molecule has 34 heavy (non-hydrogen) atoms. The van der Waals surface area contributed by atoms with Crippen molar-refractivity contribution in [2.75, 3.05) is 0 Å². The van der Waals surface area contributed by atoms with E-state index in [4.69, 9.17) is 20.8 Å². The first-order valence-corrected chi connectivity index (χ1v) is 10.1. The summed E-state index contributed by atoms with van der Waals surface area (Å²) in [5, 5.41) is 0. The Morgan fingerprint density at radius 3 is 2.32 bits per heavy atom. The first kappa shape index (κ1) is 20.3. The zero-order valence-electron chi connectivity index (χ0n) is 32.2. The first-order chi connectivity index (χ1) is 22.3. The molecule has 4 rings (SSSR count).